The fourth-order valence-corrected chi connectivity index (χ4v) is 3.49. The van der Waals surface area contributed by atoms with Gasteiger partial charge in [0.25, 0.3) is 11.8 Å². The summed E-state index contributed by atoms with van der Waals surface area (Å²) >= 11 is 6.33. The zero-order valence-corrected chi connectivity index (χ0v) is 18.2. The first-order chi connectivity index (χ1) is 15.8. The highest BCUT2D eigenvalue weighted by Crippen LogP contribution is 2.29. The highest BCUT2D eigenvalue weighted by Gasteiger charge is 2.37. The van der Waals surface area contributed by atoms with Gasteiger partial charge in [-0.2, -0.15) is 0 Å². The molecule has 33 heavy (non-hydrogen) atoms. The van der Waals surface area contributed by atoms with Crippen LogP contribution in [-0.2, 0) is 16.2 Å². The third kappa shape index (κ3) is 4.78. The number of halogens is 2. The van der Waals surface area contributed by atoms with E-state index >= 15 is 0 Å². The van der Waals surface area contributed by atoms with Crippen molar-refractivity contribution in [3.63, 3.8) is 0 Å². The molecule has 1 aliphatic heterocycles. The zero-order valence-electron chi connectivity index (χ0n) is 17.5. The lowest BCUT2D eigenvalue weighted by Gasteiger charge is -2.26. The normalized spacial score (nSPS) is 15.1. The molecule has 6 nitrogen and oxygen atoms in total. The van der Waals surface area contributed by atoms with Gasteiger partial charge in [0.05, 0.1) is 10.7 Å². The van der Waals surface area contributed by atoms with Crippen molar-refractivity contribution in [2.75, 3.05) is 4.90 Å². The average molecular weight is 465 g/mol. The standard InChI is InChI=1S/C25H18ClFN2O4/c1-15-6-8-16(9-7-15)14-33-22-11-10-17(13-19(22)26)12-18-23(30)28-25(32)29(24(18)31)21-5-3-2-4-20(21)27/h2-13H,14H2,1H3,(H,28,30,32)/b18-12-. The maximum atomic E-state index is 14.2. The van der Waals surface area contributed by atoms with Gasteiger partial charge < -0.3 is 4.74 Å². The molecule has 0 aromatic heterocycles. The molecule has 1 aliphatic rings. The van der Waals surface area contributed by atoms with Crippen LogP contribution in [-0.4, -0.2) is 17.8 Å². The number of hydrogen-bond donors (Lipinski definition) is 1. The summed E-state index contributed by atoms with van der Waals surface area (Å²) in [5.74, 6) is -2.16. The first kappa shape index (κ1) is 22.2. The summed E-state index contributed by atoms with van der Waals surface area (Å²) in [5.41, 5.74) is 1.97. The highest BCUT2D eigenvalue weighted by molar-refractivity contribution is 6.39. The number of benzene rings is 3. The van der Waals surface area contributed by atoms with E-state index in [-0.39, 0.29) is 16.3 Å². The van der Waals surface area contributed by atoms with Gasteiger partial charge in [-0.1, -0.05) is 59.6 Å². The Morgan fingerprint density at radius 3 is 2.45 bits per heavy atom. The number of barbiturate groups is 1. The van der Waals surface area contributed by atoms with Crippen molar-refractivity contribution >= 4 is 41.2 Å². The van der Waals surface area contributed by atoms with Crippen LogP contribution in [0.25, 0.3) is 6.08 Å². The van der Waals surface area contributed by atoms with Crippen LogP contribution in [0.5, 0.6) is 5.75 Å². The van der Waals surface area contributed by atoms with Crippen molar-refractivity contribution < 1.29 is 23.5 Å². The second-order valence-corrected chi connectivity index (χ2v) is 7.78. The lowest BCUT2D eigenvalue weighted by atomic mass is 10.1. The molecule has 0 spiro atoms. The van der Waals surface area contributed by atoms with Crippen LogP contribution < -0.4 is 15.0 Å². The van der Waals surface area contributed by atoms with Crippen molar-refractivity contribution in [3.8, 4) is 5.75 Å². The topological polar surface area (TPSA) is 75.7 Å². The largest absolute Gasteiger partial charge is 0.487 e. The number of imide groups is 2. The Bertz CT molecular complexity index is 1290. The number of anilines is 1. The summed E-state index contributed by atoms with van der Waals surface area (Å²) in [4.78, 5) is 38.0. The van der Waals surface area contributed by atoms with Gasteiger partial charge in [0.15, 0.2) is 0 Å². The van der Waals surface area contributed by atoms with Gasteiger partial charge in [-0.15, -0.1) is 0 Å². The summed E-state index contributed by atoms with van der Waals surface area (Å²) in [6, 6.07) is 16.9. The monoisotopic (exact) mass is 464 g/mol. The number of amides is 4. The Kier molecular flexibility index (Phi) is 6.24. The van der Waals surface area contributed by atoms with E-state index in [9.17, 15) is 18.8 Å². The number of nitrogens with zero attached hydrogens (tertiary/aromatic N) is 1. The molecule has 4 amide bonds. The molecule has 0 atom stereocenters. The van der Waals surface area contributed by atoms with Crippen molar-refractivity contribution in [3.05, 3.63) is 99.8 Å². The average Bonchev–Trinajstić information content (AvgIpc) is 2.78. The molecular weight excluding hydrogens is 447 g/mol. The van der Waals surface area contributed by atoms with E-state index in [4.69, 9.17) is 16.3 Å². The quantitative estimate of drug-likeness (QED) is 0.424. The van der Waals surface area contributed by atoms with Gasteiger partial charge in [0, 0.05) is 0 Å². The Hall–Kier alpha value is -3.97. The predicted octanol–water partition coefficient (Wildman–Crippen LogP) is 5.03. The zero-order chi connectivity index (χ0) is 23.5. The van der Waals surface area contributed by atoms with E-state index in [2.05, 4.69) is 5.32 Å². The number of hydrogen-bond acceptors (Lipinski definition) is 4. The van der Waals surface area contributed by atoms with E-state index in [1.165, 1.54) is 30.3 Å². The minimum atomic E-state index is -1.02. The molecule has 0 radical (unpaired) electrons. The van der Waals surface area contributed by atoms with Crippen molar-refractivity contribution in [1.82, 2.24) is 5.32 Å². The number of ether oxygens (including phenoxy) is 1. The Morgan fingerprint density at radius 1 is 1.03 bits per heavy atom. The Balaban J connectivity index is 1.57. The smallest absolute Gasteiger partial charge is 0.336 e. The number of nitrogens with one attached hydrogen (secondary N) is 1. The van der Waals surface area contributed by atoms with Gasteiger partial charge in [0.1, 0.15) is 23.7 Å². The predicted molar refractivity (Wildman–Crippen MR) is 122 cm³/mol. The van der Waals surface area contributed by atoms with Crippen LogP contribution in [0.3, 0.4) is 0 Å². The molecule has 8 heteroatoms. The van der Waals surface area contributed by atoms with Crippen LogP contribution in [0.15, 0.2) is 72.3 Å². The minimum Gasteiger partial charge on any atom is -0.487 e. The van der Waals surface area contributed by atoms with E-state index < -0.39 is 23.7 Å². The van der Waals surface area contributed by atoms with E-state index in [0.29, 0.717) is 22.8 Å². The summed E-state index contributed by atoms with van der Waals surface area (Å²) in [6.45, 7) is 2.32. The second-order valence-electron chi connectivity index (χ2n) is 7.37. The van der Waals surface area contributed by atoms with Crippen LogP contribution in [0, 0.1) is 12.7 Å². The van der Waals surface area contributed by atoms with Crippen molar-refractivity contribution in [2.24, 2.45) is 0 Å². The van der Waals surface area contributed by atoms with Crippen molar-refractivity contribution in [2.45, 2.75) is 13.5 Å². The van der Waals surface area contributed by atoms with Gasteiger partial charge in [-0.05, 0) is 48.4 Å². The fraction of sp³-hybridized carbons (Fsp3) is 0.0800. The lowest BCUT2D eigenvalue weighted by molar-refractivity contribution is -0.122. The first-order valence-corrected chi connectivity index (χ1v) is 10.3. The van der Waals surface area contributed by atoms with Gasteiger partial charge in [-0.3, -0.25) is 14.9 Å². The minimum absolute atomic E-state index is 0.253. The molecule has 0 unspecified atom stereocenters. The van der Waals surface area contributed by atoms with Gasteiger partial charge in [0.2, 0.25) is 0 Å². The Labute approximate surface area is 194 Å². The van der Waals surface area contributed by atoms with Crippen LogP contribution in [0.4, 0.5) is 14.9 Å². The third-order valence-electron chi connectivity index (χ3n) is 4.98. The van der Waals surface area contributed by atoms with Gasteiger partial charge in [-0.25, -0.2) is 14.1 Å². The molecule has 0 saturated carbocycles. The lowest BCUT2D eigenvalue weighted by Crippen LogP contribution is -2.54. The number of carbonyl (C=O) groups excluding carboxylic acids is 3. The molecule has 1 saturated heterocycles. The summed E-state index contributed by atoms with van der Waals surface area (Å²) in [5, 5.41) is 2.34. The van der Waals surface area contributed by atoms with Crippen LogP contribution in [0.1, 0.15) is 16.7 Å². The summed E-state index contributed by atoms with van der Waals surface area (Å²) in [6.07, 6.45) is 1.29. The molecule has 0 bridgehead atoms. The number of carbonyl (C=O) groups is 3. The number of rotatable bonds is 5. The van der Waals surface area contributed by atoms with Crippen molar-refractivity contribution in [1.29, 1.82) is 0 Å². The molecule has 166 valence electrons. The molecule has 4 rings (SSSR count). The third-order valence-corrected chi connectivity index (χ3v) is 5.27. The van der Waals surface area contributed by atoms with E-state index in [0.717, 1.165) is 17.2 Å². The molecule has 0 aliphatic carbocycles. The molecule has 3 aromatic carbocycles. The van der Waals surface area contributed by atoms with E-state index in [1.807, 2.05) is 31.2 Å². The number of para-hydroxylation sites is 1. The first-order valence-electron chi connectivity index (χ1n) is 9.97. The molecular formula is C25H18ClFN2O4. The highest BCUT2D eigenvalue weighted by atomic mass is 35.5. The van der Waals surface area contributed by atoms with Crippen LogP contribution in [0.2, 0.25) is 5.02 Å². The second kappa shape index (κ2) is 9.26. The molecule has 1 fully saturated rings. The van der Waals surface area contributed by atoms with E-state index in [1.54, 1.807) is 12.1 Å². The maximum Gasteiger partial charge on any atom is 0.336 e. The molecule has 1 N–H and O–H groups in total. The Morgan fingerprint density at radius 2 is 1.76 bits per heavy atom. The van der Waals surface area contributed by atoms with Gasteiger partial charge >= 0.3 is 6.03 Å². The maximum absolute atomic E-state index is 14.2. The molecule has 1 heterocycles. The van der Waals surface area contributed by atoms with Crippen LogP contribution >= 0.6 is 11.6 Å². The SMILES string of the molecule is Cc1ccc(COc2ccc(/C=C3/C(=O)NC(=O)N(c4ccccc4F)C3=O)cc2Cl)cc1. The summed E-state index contributed by atoms with van der Waals surface area (Å²) in [7, 11) is 0. The number of aryl methyl sites for hydroxylation is 1. The summed E-state index contributed by atoms with van der Waals surface area (Å²) < 4.78 is 19.9. The fourth-order valence-electron chi connectivity index (χ4n) is 3.25. The molecule has 3 aromatic rings. The number of urea groups is 1.